The summed E-state index contributed by atoms with van der Waals surface area (Å²) in [6.07, 6.45) is 3.72. The molecule has 0 fully saturated rings. The van der Waals surface area contributed by atoms with Crippen LogP contribution in [0.25, 0.3) is 0 Å². The van der Waals surface area contributed by atoms with E-state index in [1.54, 1.807) is 0 Å². The van der Waals surface area contributed by atoms with Gasteiger partial charge in [0.15, 0.2) is 0 Å². The van der Waals surface area contributed by atoms with E-state index in [9.17, 15) is 5.26 Å². The highest BCUT2D eigenvalue weighted by Crippen LogP contribution is 2.44. The van der Waals surface area contributed by atoms with Crippen molar-refractivity contribution in [2.75, 3.05) is 13.2 Å². The van der Waals surface area contributed by atoms with Gasteiger partial charge < -0.3 is 9.47 Å². The molecular weight excluding hydrogens is 234 g/mol. The maximum Gasteiger partial charge on any atom is 0.141 e. The molecule has 17 heavy (non-hydrogen) atoms. The third kappa shape index (κ3) is 1.57. The molecule has 0 bridgehead atoms. The van der Waals surface area contributed by atoms with Crippen molar-refractivity contribution in [3.05, 3.63) is 16.7 Å². The van der Waals surface area contributed by atoms with Gasteiger partial charge in [-0.15, -0.1) is 12.6 Å². The third-order valence-corrected chi connectivity index (χ3v) is 3.80. The van der Waals surface area contributed by atoms with Gasteiger partial charge in [-0.3, -0.25) is 0 Å². The Kier molecular flexibility index (Phi) is 2.64. The van der Waals surface area contributed by atoms with E-state index in [0.717, 1.165) is 53.2 Å². The normalized spacial score (nSPS) is 17.2. The summed E-state index contributed by atoms with van der Waals surface area (Å²) in [4.78, 5) is 0.869. The first-order valence-corrected chi connectivity index (χ1v) is 6.34. The Morgan fingerprint density at radius 2 is 1.65 bits per heavy atom. The van der Waals surface area contributed by atoms with Crippen molar-refractivity contribution >= 4 is 12.6 Å². The van der Waals surface area contributed by atoms with Crippen LogP contribution >= 0.6 is 12.6 Å². The number of nitriles is 1. The second kappa shape index (κ2) is 4.15. The van der Waals surface area contributed by atoms with Crippen LogP contribution in [0, 0.1) is 11.3 Å². The standard InChI is InChI=1S/C13H13NO2S/c14-7-10-8-3-1-6-16-12(8)13(17)9-4-2-5-15-11(9)10/h17H,1-6H2. The van der Waals surface area contributed by atoms with E-state index in [-0.39, 0.29) is 0 Å². The highest BCUT2D eigenvalue weighted by Gasteiger charge is 2.27. The van der Waals surface area contributed by atoms with Crippen LogP contribution in [0.15, 0.2) is 4.90 Å². The van der Waals surface area contributed by atoms with E-state index in [1.165, 1.54) is 0 Å². The van der Waals surface area contributed by atoms with Crippen molar-refractivity contribution < 1.29 is 9.47 Å². The first-order chi connectivity index (χ1) is 8.33. The summed E-state index contributed by atoms with van der Waals surface area (Å²) >= 11 is 4.56. The Morgan fingerprint density at radius 1 is 1.00 bits per heavy atom. The average Bonchev–Trinajstić information content (AvgIpc) is 2.40. The lowest BCUT2D eigenvalue weighted by Crippen LogP contribution is -2.17. The summed E-state index contributed by atoms with van der Waals surface area (Å²) in [5, 5.41) is 9.33. The Hall–Kier alpha value is -1.34. The van der Waals surface area contributed by atoms with E-state index >= 15 is 0 Å². The Morgan fingerprint density at radius 3 is 2.35 bits per heavy atom. The molecule has 0 aromatic heterocycles. The Bertz CT molecular complexity index is 482. The van der Waals surface area contributed by atoms with Crippen LogP contribution in [0.3, 0.4) is 0 Å². The van der Waals surface area contributed by atoms with Gasteiger partial charge >= 0.3 is 0 Å². The van der Waals surface area contributed by atoms with Gasteiger partial charge in [-0.05, 0) is 25.7 Å². The van der Waals surface area contributed by atoms with E-state index in [1.807, 2.05) is 0 Å². The third-order valence-electron chi connectivity index (χ3n) is 3.32. The number of thiol groups is 1. The van der Waals surface area contributed by atoms with Crippen LogP contribution in [-0.4, -0.2) is 13.2 Å². The van der Waals surface area contributed by atoms with Crippen LogP contribution in [0.5, 0.6) is 11.5 Å². The molecule has 0 amide bonds. The van der Waals surface area contributed by atoms with Crippen LogP contribution in [0.4, 0.5) is 0 Å². The number of nitrogens with zero attached hydrogens (tertiary/aromatic N) is 1. The molecule has 0 radical (unpaired) electrons. The van der Waals surface area contributed by atoms with Crippen LogP contribution < -0.4 is 9.47 Å². The van der Waals surface area contributed by atoms with Crippen molar-refractivity contribution in [2.45, 2.75) is 30.6 Å². The van der Waals surface area contributed by atoms with Gasteiger partial charge in [-0.2, -0.15) is 5.26 Å². The molecule has 2 heterocycles. The van der Waals surface area contributed by atoms with Gasteiger partial charge in [0, 0.05) is 11.1 Å². The van der Waals surface area contributed by atoms with Gasteiger partial charge in [0.2, 0.25) is 0 Å². The predicted molar refractivity (Wildman–Crippen MR) is 66.0 cm³/mol. The molecule has 0 aliphatic carbocycles. The summed E-state index contributed by atoms with van der Waals surface area (Å²) in [7, 11) is 0. The maximum atomic E-state index is 9.33. The summed E-state index contributed by atoms with van der Waals surface area (Å²) in [5.74, 6) is 1.55. The zero-order valence-corrected chi connectivity index (χ0v) is 10.3. The molecule has 0 saturated heterocycles. The first-order valence-electron chi connectivity index (χ1n) is 5.89. The number of fused-ring (bicyclic) bond motifs is 2. The van der Waals surface area contributed by atoms with Crippen molar-refractivity contribution in [2.24, 2.45) is 0 Å². The van der Waals surface area contributed by atoms with Gasteiger partial charge in [0.25, 0.3) is 0 Å². The van der Waals surface area contributed by atoms with Crippen LogP contribution in [-0.2, 0) is 12.8 Å². The number of hydrogen-bond donors (Lipinski definition) is 1. The minimum atomic E-state index is 0.659. The predicted octanol–water partition coefficient (Wildman–Crippen LogP) is 2.50. The minimum Gasteiger partial charge on any atom is -0.492 e. The summed E-state index contributed by atoms with van der Waals surface area (Å²) in [6, 6.07) is 2.27. The summed E-state index contributed by atoms with van der Waals surface area (Å²) < 4.78 is 11.3. The topological polar surface area (TPSA) is 42.2 Å². The molecule has 1 aromatic carbocycles. The number of hydrogen-bond acceptors (Lipinski definition) is 4. The fraction of sp³-hybridized carbons (Fsp3) is 0.462. The molecule has 88 valence electrons. The molecule has 1 aromatic rings. The highest BCUT2D eigenvalue weighted by molar-refractivity contribution is 7.80. The first kappa shape index (κ1) is 10.8. The van der Waals surface area contributed by atoms with Crippen molar-refractivity contribution in [3.8, 4) is 17.6 Å². The smallest absolute Gasteiger partial charge is 0.141 e. The zero-order chi connectivity index (χ0) is 11.8. The number of ether oxygens (including phenoxy) is 2. The maximum absolute atomic E-state index is 9.33. The molecule has 0 atom stereocenters. The zero-order valence-electron chi connectivity index (χ0n) is 9.45. The van der Waals surface area contributed by atoms with Gasteiger partial charge in [0.1, 0.15) is 23.1 Å². The van der Waals surface area contributed by atoms with E-state index in [4.69, 9.17) is 9.47 Å². The van der Waals surface area contributed by atoms with Crippen LogP contribution in [0.1, 0.15) is 29.5 Å². The fourth-order valence-electron chi connectivity index (χ4n) is 2.54. The van der Waals surface area contributed by atoms with Crippen molar-refractivity contribution in [1.29, 1.82) is 5.26 Å². The fourth-order valence-corrected chi connectivity index (χ4v) is 2.95. The van der Waals surface area contributed by atoms with E-state index < -0.39 is 0 Å². The Balaban J connectivity index is 2.30. The SMILES string of the molecule is N#Cc1c2c(c(S)c3c1OCCC3)OCCC2. The lowest BCUT2D eigenvalue weighted by molar-refractivity contribution is 0.264. The molecule has 2 aliphatic heterocycles. The largest absolute Gasteiger partial charge is 0.492 e. The average molecular weight is 247 g/mol. The minimum absolute atomic E-state index is 0.659. The van der Waals surface area contributed by atoms with Gasteiger partial charge in [0.05, 0.1) is 18.1 Å². The molecule has 3 rings (SSSR count). The quantitative estimate of drug-likeness (QED) is 0.716. The molecule has 0 saturated carbocycles. The van der Waals surface area contributed by atoms with E-state index in [2.05, 4.69) is 18.7 Å². The van der Waals surface area contributed by atoms with E-state index in [0.29, 0.717) is 18.8 Å². The highest BCUT2D eigenvalue weighted by atomic mass is 32.1. The molecular formula is C13H13NO2S. The van der Waals surface area contributed by atoms with Crippen molar-refractivity contribution in [1.82, 2.24) is 0 Å². The molecule has 0 spiro atoms. The molecule has 3 nitrogen and oxygen atoms in total. The lowest BCUT2D eigenvalue weighted by atomic mass is 9.93. The summed E-state index contributed by atoms with van der Waals surface area (Å²) in [5.41, 5.74) is 2.67. The molecule has 0 N–H and O–H groups in total. The number of benzene rings is 1. The van der Waals surface area contributed by atoms with Gasteiger partial charge in [-0.1, -0.05) is 0 Å². The monoisotopic (exact) mass is 247 g/mol. The Labute approximate surface area is 106 Å². The second-order valence-electron chi connectivity index (χ2n) is 4.35. The van der Waals surface area contributed by atoms with Crippen LogP contribution in [0.2, 0.25) is 0 Å². The molecule has 0 unspecified atom stereocenters. The second-order valence-corrected chi connectivity index (χ2v) is 4.80. The summed E-state index contributed by atoms with van der Waals surface area (Å²) in [6.45, 7) is 1.40. The number of rotatable bonds is 0. The van der Waals surface area contributed by atoms with Crippen molar-refractivity contribution in [3.63, 3.8) is 0 Å². The van der Waals surface area contributed by atoms with Gasteiger partial charge in [-0.25, -0.2) is 0 Å². The molecule has 2 aliphatic rings. The lowest BCUT2D eigenvalue weighted by Gasteiger charge is -2.27. The molecule has 4 heteroatoms.